The molecule has 46 valence electrons. The van der Waals surface area contributed by atoms with Crippen LogP contribution < -0.4 is 11.1 Å². The van der Waals surface area contributed by atoms with Crippen molar-refractivity contribution < 1.29 is 4.79 Å². The fourth-order valence-corrected chi connectivity index (χ4v) is 0.728. The largest absolute Gasteiger partial charge is 0.355 e. The molecule has 0 radical (unpaired) electrons. The number of β-lactam (4-membered cyclic amide) rings is 1. The maximum atomic E-state index is 10.5. The van der Waals surface area contributed by atoms with Crippen molar-refractivity contribution in [2.45, 2.75) is 13.0 Å². The molecule has 3 N–H and O–H groups in total. The molecule has 1 rings (SSSR count). The van der Waals surface area contributed by atoms with Crippen LogP contribution in [0.25, 0.3) is 0 Å². The molecular formula is C5H10N2O. The van der Waals surface area contributed by atoms with Crippen LogP contribution in [0.1, 0.15) is 6.92 Å². The van der Waals surface area contributed by atoms with Gasteiger partial charge in [0.15, 0.2) is 0 Å². The van der Waals surface area contributed by atoms with Crippen LogP contribution in [0.3, 0.4) is 0 Å². The van der Waals surface area contributed by atoms with Crippen molar-refractivity contribution in [1.82, 2.24) is 5.32 Å². The van der Waals surface area contributed by atoms with Gasteiger partial charge in [0.2, 0.25) is 5.91 Å². The van der Waals surface area contributed by atoms with Gasteiger partial charge in [-0.05, 0) is 6.92 Å². The number of amides is 1. The van der Waals surface area contributed by atoms with Gasteiger partial charge in [-0.25, -0.2) is 0 Å². The fraction of sp³-hybridized carbons (Fsp3) is 0.800. The molecule has 8 heavy (non-hydrogen) atoms. The van der Waals surface area contributed by atoms with Gasteiger partial charge in [0.05, 0.1) is 5.92 Å². The highest BCUT2D eigenvalue weighted by Crippen LogP contribution is 2.07. The van der Waals surface area contributed by atoms with Crippen molar-refractivity contribution >= 4 is 5.91 Å². The second-order valence-electron chi connectivity index (χ2n) is 2.21. The average molecular weight is 114 g/mol. The molecule has 0 bridgehead atoms. The third-order valence-electron chi connectivity index (χ3n) is 1.47. The first-order valence-electron chi connectivity index (χ1n) is 2.75. The van der Waals surface area contributed by atoms with Crippen LogP contribution in [0.15, 0.2) is 0 Å². The summed E-state index contributed by atoms with van der Waals surface area (Å²) in [6.07, 6.45) is 0. The predicted octanol–water partition coefficient (Wildman–Crippen LogP) is -0.920. The second kappa shape index (κ2) is 1.74. The van der Waals surface area contributed by atoms with Gasteiger partial charge in [-0.1, -0.05) is 0 Å². The summed E-state index contributed by atoms with van der Waals surface area (Å²) in [7, 11) is 0. The average Bonchev–Trinajstić information content (AvgIpc) is 1.61. The van der Waals surface area contributed by atoms with Crippen LogP contribution in [0.2, 0.25) is 0 Å². The Bertz CT molecular complexity index is 111. The van der Waals surface area contributed by atoms with Crippen molar-refractivity contribution in [2.75, 3.05) is 6.54 Å². The third-order valence-corrected chi connectivity index (χ3v) is 1.47. The van der Waals surface area contributed by atoms with Crippen LogP contribution in [0, 0.1) is 5.92 Å². The maximum absolute atomic E-state index is 10.5. The Morgan fingerprint density at radius 1 is 2.00 bits per heavy atom. The van der Waals surface area contributed by atoms with Gasteiger partial charge in [-0.3, -0.25) is 4.79 Å². The molecule has 0 aromatic carbocycles. The number of rotatable bonds is 1. The highest BCUT2D eigenvalue weighted by atomic mass is 16.2. The van der Waals surface area contributed by atoms with E-state index in [-0.39, 0.29) is 17.9 Å². The standard InChI is InChI=1S/C5H10N2O/c1-3(6)4-2-7-5(4)8/h3-4H,2,6H2,1H3,(H,7,8)/t3-,4+/m1/s1. The molecule has 1 aliphatic rings. The highest BCUT2D eigenvalue weighted by molar-refractivity contribution is 5.84. The van der Waals surface area contributed by atoms with Crippen molar-refractivity contribution in [2.24, 2.45) is 11.7 Å². The molecule has 0 saturated carbocycles. The molecule has 3 nitrogen and oxygen atoms in total. The van der Waals surface area contributed by atoms with E-state index >= 15 is 0 Å². The van der Waals surface area contributed by atoms with Crippen LogP contribution in [0.5, 0.6) is 0 Å². The molecule has 2 atom stereocenters. The van der Waals surface area contributed by atoms with E-state index in [1.165, 1.54) is 0 Å². The van der Waals surface area contributed by atoms with E-state index < -0.39 is 0 Å². The quantitative estimate of drug-likeness (QED) is 0.433. The van der Waals surface area contributed by atoms with E-state index in [4.69, 9.17) is 5.73 Å². The molecule has 0 aliphatic carbocycles. The minimum atomic E-state index is 0.0174. The van der Waals surface area contributed by atoms with E-state index in [1.807, 2.05) is 6.92 Å². The Balaban J connectivity index is 2.37. The number of carbonyl (C=O) groups excluding carboxylic acids is 1. The lowest BCUT2D eigenvalue weighted by molar-refractivity contribution is -0.131. The smallest absolute Gasteiger partial charge is 0.226 e. The molecule has 1 saturated heterocycles. The summed E-state index contributed by atoms with van der Waals surface area (Å²) in [5.41, 5.74) is 5.43. The summed E-state index contributed by atoms with van der Waals surface area (Å²) in [4.78, 5) is 10.5. The molecule has 0 spiro atoms. The molecule has 0 aromatic rings. The maximum Gasteiger partial charge on any atom is 0.226 e. The zero-order valence-corrected chi connectivity index (χ0v) is 4.85. The number of nitrogens with one attached hydrogen (secondary N) is 1. The van der Waals surface area contributed by atoms with Crippen LogP contribution in [-0.4, -0.2) is 18.5 Å². The van der Waals surface area contributed by atoms with Crippen LogP contribution in [0.4, 0.5) is 0 Å². The lowest BCUT2D eigenvalue weighted by Gasteiger charge is -2.28. The van der Waals surface area contributed by atoms with Crippen molar-refractivity contribution in [3.05, 3.63) is 0 Å². The predicted molar refractivity (Wildman–Crippen MR) is 30.1 cm³/mol. The van der Waals surface area contributed by atoms with Gasteiger partial charge in [-0.2, -0.15) is 0 Å². The Kier molecular flexibility index (Phi) is 1.21. The first-order valence-corrected chi connectivity index (χ1v) is 2.75. The molecular weight excluding hydrogens is 104 g/mol. The summed E-state index contributed by atoms with van der Waals surface area (Å²) < 4.78 is 0. The van der Waals surface area contributed by atoms with Crippen LogP contribution >= 0.6 is 0 Å². The first kappa shape index (κ1) is 5.56. The number of hydrogen-bond donors (Lipinski definition) is 2. The van der Waals surface area contributed by atoms with E-state index in [0.717, 1.165) is 6.54 Å². The monoisotopic (exact) mass is 114 g/mol. The molecule has 1 aliphatic heterocycles. The highest BCUT2D eigenvalue weighted by Gasteiger charge is 2.30. The van der Waals surface area contributed by atoms with Gasteiger partial charge in [0.25, 0.3) is 0 Å². The lowest BCUT2D eigenvalue weighted by Crippen LogP contribution is -2.55. The molecule has 1 heterocycles. The van der Waals surface area contributed by atoms with E-state index in [9.17, 15) is 4.79 Å². The first-order chi connectivity index (χ1) is 3.72. The second-order valence-corrected chi connectivity index (χ2v) is 2.21. The molecule has 1 fully saturated rings. The normalized spacial score (nSPS) is 30.8. The Morgan fingerprint density at radius 2 is 2.62 bits per heavy atom. The summed E-state index contributed by atoms with van der Waals surface area (Å²) >= 11 is 0. The van der Waals surface area contributed by atoms with Gasteiger partial charge in [-0.15, -0.1) is 0 Å². The Labute approximate surface area is 48.2 Å². The Hall–Kier alpha value is -0.570. The Morgan fingerprint density at radius 3 is 2.62 bits per heavy atom. The summed E-state index contributed by atoms with van der Waals surface area (Å²) in [6.45, 7) is 2.61. The van der Waals surface area contributed by atoms with Gasteiger partial charge >= 0.3 is 0 Å². The minimum absolute atomic E-state index is 0.0174. The van der Waals surface area contributed by atoms with E-state index in [2.05, 4.69) is 5.32 Å². The zero-order chi connectivity index (χ0) is 6.15. The number of nitrogens with two attached hydrogens (primary N) is 1. The molecule has 3 heteroatoms. The number of carbonyl (C=O) groups is 1. The summed E-state index contributed by atoms with van der Waals surface area (Å²) in [5, 5.41) is 2.62. The SMILES string of the molecule is C[C@@H](N)[C@@H]1CNC1=O. The lowest BCUT2D eigenvalue weighted by atomic mass is 9.95. The summed E-state index contributed by atoms with van der Waals surface area (Å²) in [5.74, 6) is 0.176. The molecule has 0 aromatic heterocycles. The van der Waals surface area contributed by atoms with Gasteiger partial charge in [0.1, 0.15) is 0 Å². The van der Waals surface area contributed by atoms with Crippen molar-refractivity contribution in [1.29, 1.82) is 0 Å². The topological polar surface area (TPSA) is 55.1 Å². The number of hydrogen-bond acceptors (Lipinski definition) is 2. The summed E-state index contributed by atoms with van der Waals surface area (Å²) in [6, 6.07) is 0.0174. The zero-order valence-electron chi connectivity index (χ0n) is 4.85. The van der Waals surface area contributed by atoms with E-state index in [0.29, 0.717) is 0 Å². The van der Waals surface area contributed by atoms with E-state index in [1.54, 1.807) is 0 Å². The van der Waals surface area contributed by atoms with Crippen LogP contribution in [-0.2, 0) is 4.79 Å². The van der Waals surface area contributed by atoms with Gasteiger partial charge < -0.3 is 11.1 Å². The van der Waals surface area contributed by atoms with Crippen molar-refractivity contribution in [3.63, 3.8) is 0 Å². The fourth-order valence-electron chi connectivity index (χ4n) is 0.728. The molecule has 1 amide bonds. The minimum Gasteiger partial charge on any atom is -0.355 e. The van der Waals surface area contributed by atoms with Gasteiger partial charge in [0, 0.05) is 12.6 Å². The third kappa shape index (κ3) is 0.690. The molecule has 0 unspecified atom stereocenters. The van der Waals surface area contributed by atoms with Crippen molar-refractivity contribution in [3.8, 4) is 0 Å².